The van der Waals surface area contributed by atoms with E-state index in [2.05, 4.69) is 4.98 Å². The summed E-state index contributed by atoms with van der Waals surface area (Å²) in [7, 11) is 0. The van der Waals surface area contributed by atoms with Crippen LogP contribution in [0.25, 0.3) is 0 Å². The molecule has 4 heteroatoms. The lowest BCUT2D eigenvalue weighted by atomic mass is 10.0. The van der Waals surface area contributed by atoms with Crippen molar-refractivity contribution in [2.24, 2.45) is 0 Å². The lowest BCUT2D eigenvalue weighted by molar-refractivity contribution is -0.138. The molecule has 0 radical (unpaired) electrons. The van der Waals surface area contributed by atoms with Crippen LogP contribution in [-0.4, -0.2) is 4.98 Å². The van der Waals surface area contributed by atoms with Crippen LogP contribution in [0.4, 0.5) is 13.2 Å². The summed E-state index contributed by atoms with van der Waals surface area (Å²) in [6.07, 6.45) is -2.48. The van der Waals surface area contributed by atoms with E-state index in [4.69, 9.17) is 0 Å². The van der Waals surface area contributed by atoms with Crippen molar-refractivity contribution < 1.29 is 13.2 Å². The first kappa shape index (κ1) is 12.0. The van der Waals surface area contributed by atoms with E-state index in [1.165, 1.54) is 12.3 Å². The standard InChI is InChI=1S/C11H14F3N/c1-4-10-9(11(12,13)14)5-8(6-15-10)7(2)3/h5-7H,4H2,1-3H3. The Morgan fingerprint density at radius 1 is 1.33 bits per heavy atom. The normalized spacial score (nSPS) is 12.2. The van der Waals surface area contributed by atoms with Gasteiger partial charge in [-0.2, -0.15) is 13.2 Å². The van der Waals surface area contributed by atoms with E-state index >= 15 is 0 Å². The van der Waals surface area contributed by atoms with Gasteiger partial charge in [-0.15, -0.1) is 0 Å². The fourth-order valence-corrected chi connectivity index (χ4v) is 1.35. The first-order chi connectivity index (χ1) is 6.86. The van der Waals surface area contributed by atoms with Gasteiger partial charge in [0.15, 0.2) is 0 Å². The van der Waals surface area contributed by atoms with Gasteiger partial charge in [-0.3, -0.25) is 4.98 Å². The molecule has 0 aliphatic rings. The number of hydrogen-bond acceptors (Lipinski definition) is 1. The number of pyridine rings is 1. The summed E-state index contributed by atoms with van der Waals surface area (Å²) in [5, 5.41) is 0. The monoisotopic (exact) mass is 217 g/mol. The highest BCUT2D eigenvalue weighted by molar-refractivity contribution is 5.29. The lowest BCUT2D eigenvalue weighted by Crippen LogP contribution is -2.11. The molecule has 0 saturated carbocycles. The van der Waals surface area contributed by atoms with Crippen LogP contribution < -0.4 is 0 Å². The Labute approximate surface area is 87.3 Å². The highest BCUT2D eigenvalue weighted by Gasteiger charge is 2.34. The maximum absolute atomic E-state index is 12.6. The summed E-state index contributed by atoms with van der Waals surface area (Å²) in [6, 6.07) is 1.20. The molecule has 15 heavy (non-hydrogen) atoms. The van der Waals surface area contributed by atoms with Gasteiger partial charge in [0.25, 0.3) is 0 Å². The van der Waals surface area contributed by atoms with Crippen molar-refractivity contribution in [1.29, 1.82) is 0 Å². The number of nitrogens with zero attached hydrogens (tertiary/aromatic N) is 1. The zero-order valence-electron chi connectivity index (χ0n) is 9.02. The largest absolute Gasteiger partial charge is 0.418 e. The first-order valence-electron chi connectivity index (χ1n) is 4.92. The average Bonchev–Trinajstić information content (AvgIpc) is 2.15. The molecule has 0 unspecified atom stereocenters. The first-order valence-corrected chi connectivity index (χ1v) is 4.92. The minimum absolute atomic E-state index is 0.0597. The summed E-state index contributed by atoms with van der Waals surface area (Å²) in [4.78, 5) is 3.86. The zero-order valence-corrected chi connectivity index (χ0v) is 9.02. The van der Waals surface area contributed by atoms with Crippen molar-refractivity contribution in [2.75, 3.05) is 0 Å². The second-order valence-corrected chi connectivity index (χ2v) is 3.77. The molecule has 1 aromatic heterocycles. The number of rotatable bonds is 2. The fraction of sp³-hybridized carbons (Fsp3) is 0.545. The lowest BCUT2D eigenvalue weighted by Gasteiger charge is -2.13. The SMILES string of the molecule is CCc1ncc(C(C)C)cc1C(F)(F)F. The molecule has 0 saturated heterocycles. The summed E-state index contributed by atoms with van der Waals surface area (Å²) in [5.41, 5.74) is 0.141. The summed E-state index contributed by atoms with van der Waals surface area (Å²) in [6.45, 7) is 5.37. The van der Waals surface area contributed by atoms with E-state index in [-0.39, 0.29) is 11.6 Å². The Bertz CT molecular complexity index is 342. The second kappa shape index (κ2) is 4.21. The van der Waals surface area contributed by atoms with Crippen LogP contribution in [0, 0.1) is 0 Å². The number of halogens is 3. The van der Waals surface area contributed by atoms with Gasteiger partial charge in [0.05, 0.1) is 11.3 Å². The van der Waals surface area contributed by atoms with Crippen LogP contribution in [0.1, 0.15) is 43.5 Å². The molecule has 1 rings (SSSR count). The topological polar surface area (TPSA) is 12.9 Å². The third kappa shape index (κ3) is 2.70. The predicted octanol–water partition coefficient (Wildman–Crippen LogP) is 3.79. The molecule has 0 fully saturated rings. The van der Waals surface area contributed by atoms with Gasteiger partial charge in [0, 0.05) is 6.20 Å². The van der Waals surface area contributed by atoms with Crippen LogP contribution in [-0.2, 0) is 12.6 Å². The van der Waals surface area contributed by atoms with E-state index in [1.807, 2.05) is 13.8 Å². The van der Waals surface area contributed by atoms with Crippen molar-refractivity contribution in [3.05, 3.63) is 29.1 Å². The molecule has 0 aliphatic heterocycles. The summed E-state index contributed by atoms with van der Waals surface area (Å²) >= 11 is 0. The van der Waals surface area contributed by atoms with E-state index in [0.717, 1.165) is 0 Å². The maximum atomic E-state index is 12.6. The Hall–Kier alpha value is -1.06. The van der Waals surface area contributed by atoms with Crippen LogP contribution in [0.5, 0.6) is 0 Å². The van der Waals surface area contributed by atoms with Gasteiger partial charge in [-0.25, -0.2) is 0 Å². The van der Waals surface area contributed by atoms with Crippen molar-refractivity contribution >= 4 is 0 Å². The molecule has 1 aromatic rings. The zero-order chi connectivity index (χ0) is 11.6. The number of aromatic nitrogens is 1. The second-order valence-electron chi connectivity index (χ2n) is 3.77. The van der Waals surface area contributed by atoms with E-state index < -0.39 is 11.7 Å². The molecular formula is C11H14F3N. The van der Waals surface area contributed by atoms with Crippen molar-refractivity contribution in [1.82, 2.24) is 4.98 Å². The molecule has 0 amide bonds. The molecule has 0 aliphatic carbocycles. The quantitative estimate of drug-likeness (QED) is 0.734. The Morgan fingerprint density at radius 3 is 2.33 bits per heavy atom. The van der Waals surface area contributed by atoms with Crippen LogP contribution in [0.2, 0.25) is 0 Å². The van der Waals surface area contributed by atoms with Gasteiger partial charge in [0.1, 0.15) is 0 Å². The molecule has 84 valence electrons. The summed E-state index contributed by atoms with van der Waals surface area (Å²) in [5.74, 6) is 0.0597. The van der Waals surface area contributed by atoms with Crippen molar-refractivity contribution in [2.45, 2.75) is 39.3 Å². The van der Waals surface area contributed by atoms with Gasteiger partial charge < -0.3 is 0 Å². The Balaban J connectivity index is 3.26. The van der Waals surface area contributed by atoms with Crippen molar-refractivity contribution in [3.8, 4) is 0 Å². The molecule has 0 aromatic carbocycles. The smallest absolute Gasteiger partial charge is 0.260 e. The molecule has 1 nitrogen and oxygen atoms in total. The van der Waals surface area contributed by atoms with Gasteiger partial charge in [-0.05, 0) is 24.0 Å². The van der Waals surface area contributed by atoms with Crippen LogP contribution >= 0.6 is 0 Å². The molecule has 1 heterocycles. The predicted molar refractivity (Wildman–Crippen MR) is 52.7 cm³/mol. The molecule has 0 N–H and O–H groups in total. The maximum Gasteiger partial charge on any atom is 0.418 e. The van der Waals surface area contributed by atoms with Crippen LogP contribution in [0.3, 0.4) is 0 Å². The molecule has 0 atom stereocenters. The van der Waals surface area contributed by atoms with Crippen molar-refractivity contribution in [3.63, 3.8) is 0 Å². The number of alkyl halides is 3. The number of aryl methyl sites for hydroxylation is 1. The highest BCUT2D eigenvalue weighted by Crippen LogP contribution is 2.33. The Morgan fingerprint density at radius 2 is 1.93 bits per heavy atom. The van der Waals surface area contributed by atoms with Gasteiger partial charge >= 0.3 is 6.18 Å². The van der Waals surface area contributed by atoms with E-state index in [9.17, 15) is 13.2 Å². The fourth-order valence-electron chi connectivity index (χ4n) is 1.35. The summed E-state index contributed by atoms with van der Waals surface area (Å²) < 4.78 is 37.9. The minimum atomic E-state index is -4.30. The highest BCUT2D eigenvalue weighted by atomic mass is 19.4. The van der Waals surface area contributed by atoms with Gasteiger partial charge in [0.2, 0.25) is 0 Å². The van der Waals surface area contributed by atoms with E-state index in [0.29, 0.717) is 12.0 Å². The number of hydrogen-bond donors (Lipinski definition) is 0. The third-order valence-electron chi connectivity index (χ3n) is 2.30. The minimum Gasteiger partial charge on any atom is -0.260 e. The third-order valence-corrected chi connectivity index (χ3v) is 2.30. The Kier molecular flexibility index (Phi) is 3.37. The molecule has 0 bridgehead atoms. The van der Waals surface area contributed by atoms with Crippen LogP contribution in [0.15, 0.2) is 12.3 Å². The molecule has 0 spiro atoms. The average molecular weight is 217 g/mol. The molecular weight excluding hydrogens is 203 g/mol. The van der Waals surface area contributed by atoms with Gasteiger partial charge in [-0.1, -0.05) is 20.8 Å². The van der Waals surface area contributed by atoms with E-state index in [1.54, 1.807) is 6.92 Å².